The maximum absolute atomic E-state index is 10.5. The first-order valence-electron chi connectivity index (χ1n) is 11.4. The molecule has 0 saturated heterocycles. The zero-order valence-corrected chi connectivity index (χ0v) is 20.0. The Morgan fingerprint density at radius 2 is 1.18 bits per heavy atom. The van der Waals surface area contributed by atoms with Crippen LogP contribution in [-0.2, 0) is 0 Å². The van der Waals surface area contributed by atoms with Gasteiger partial charge in [-0.2, -0.15) is 0 Å². The molecular formula is C25H40OS2. The van der Waals surface area contributed by atoms with Crippen LogP contribution in [0.1, 0.15) is 120 Å². The second-order valence-corrected chi connectivity index (χ2v) is 9.06. The summed E-state index contributed by atoms with van der Waals surface area (Å²) in [4.78, 5) is 1.88. The van der Waals surface area contributed by atoms with E-state index in [2.05, 4.69) is 13.8 Å². The van der Waals surface area contributed by atoms with Gasteiger partial charge in [-0.15, -0.1) is 0 Å². The van der Waals surface area contributed by atoms with E-state index in [4.69, 9.17) is 24.4 Å². The maximum Gasteiger partial charge on any atom is 0.126 e. The third-order valence-electron chi connectivity index (χ3n) is 5.44. The number of benzene rings is 1. The smallest absolute Gasteiger partial charge is 0.126 e. The third-order valence-corrected chi connectivity index (χ3v) is 6.30. The van der Waals surface area contributed by atoms with E-state index >= 15 is 0 Å². The molecule has 0 atom stereocenters. The molecule has 1 aromatic carbocycles. The van der Waals surface area contributed by atoms with Gasteiger partial charge in [-0.3, -0.25) is 0 Å². The first-order valence-corrected chi connectivity index (χ1v) is 12.2. The molecule has 0 bridgehead atoms. The number of hydrogen-bond donors (Lipinski definition) is 1. The summed E-state index contributed by atoms with van der Waals surface area (Å²) in [5, 5.41) is 10.5. The molecule has 0 amide bonds. The van der Waals surface area contributed by atoms with E-state index in [9.17, 15) is 5.11 Å². The molecule has 158 valence electrons. The molecule has 3 heteroatoms. The van der Waals surface area contributed by atoms with E-state index in [-0.39, 0.29) is 0 Å². The minimum Gasteiger partial charge on any atom is -0.507 e. The van der Waals surface area contributed by atoms with Crippen molar-refractivity contribution in [2.75, 3.05) is 0 Å². The van der Waals surface area contributed by atoms with Gasteiger partial charge in [-0.05, 0) is 55.9 Å². The average Bonchev–Trinajstić information content (AvgIpc) is 2.68. The van der Waals surface area contributed by atoms with Crippen LogP contribution in [-0.4, -0.2) is 14.8 Å². The van der Waals surface area contributed by atoms with Crippen molar-refractivity contribution in [1.82, 2.24) is 0 Å². The van der Waals surface area contributed by atoms with Crippen LogP contribution in [0.5, 0.6) is 5.75 Å². The Hall–Kier alpha value is -0.800. The molecule has 1 rings (SSSR count). The van der Waals surface area contributed by atoms with Crippen molar-refractivity contribution in [2.45, 2.75) is 111 Å². The Kier molecular flexibility index (Phi) is 13.6. The van der Waals surface area contributed by atoms with Gasteiger partial charge < -0.3 is 5.11 Å². The van der Waals surface area contributed by atoms with Gasteiger partial charge in [0.2, 0.25) is 0 Å². The zero-order chi connectivity index (χ0) is 20.8. The van der Waals surface area contributed by atoms with Crippen molar-refractivity contribution < 1.29 is 5.11 Å². The Morgan fingerprint density at radius 1 is 0.714 bits per heavy atom. The first-order chi connectivity index (χ1) is 13.5. The summed E-state index contributed by atoms with van der Waals surface area (Å²) in [7, 11) is 0. The van der Waals surface area contributed by atoms with Crippen molar-refractivity contribution in [3.05, 3.63) is 28.8 Å². The minimum atomic E-state index is 0.335. The summed E-state index contributed by atoms with van der Waals surface area (Å²) < 4.78 is 0. The lowest BCUT2D eigenvalue weighted by molar-refractivity contribution is 0.470. The SMILES string of the molecule is CCCCCCCCC(=S)c1cc(C)c(O)c(C(=S)CCCCCCCC)c1. The lowest BCUT2D eigenvalue weighted by Crippen LogP contribution is -2.04. The number of hydrogen-bond acceptors (Lipinski definition) is 3. The molecule has 0 fully saturated rings. The van der Waals surface area contributed by atoms with Crippen molar-refractivity contribution in [1.29, 1.82) is 0 Å². The molecular weight excluding hydrogens is 380 g/mol. The Balaban J connectivity index is 2.57. The fraction of sp³-hybridized carbons (Fsp3) is 0.680. The molecule has 0 aromatic heterocycles. The van der Waals surface area contributed by atoms with Gasteiger partial charge in [0, 0.05) is 15.3 Å². The number of phenols is 1. The van der Waals surface area contributed by atoms with Crippen molar-refractivity contribution in [2.24, 2.45) is 0 Å². The standard InChI is InChI=1S/C25H40OS2/c1-4-6-8-10-12-14-16-23(27)21-18-20(3)25(26)22(19-21)24(28)17-15-13-11-9-7-5-2/h18-19,26H,4-17H2,1-3H3. The van der Waals surface area contributed by atoms with Crippen LogP contribution in [0.25, 0.3) is 0 Å². The molecule has 1 nitrogen and oxygen atoms in total. The summed E-state index contributed by atoms with van der Waals surface area (Å²) in [5.74, 6) is 0.335. The van der Waals surface area contributed by atoms with Gasteiger partial charge in [0.25, 0.3) is 0 Å². The Labute approximate surface area is 184 Å². The number of thiocarbonyl (C=S) groups is 2. The lowest BCUT2D eigenvalue weighted by atomic mass is 9.96. The molecule has 0 unspecified atom stereocenters. The zero-order valence-electron chi connectivity index (χ0n) is 18.3. The number of rotatable bonds is 16. The van der Waals surface area contributed by atoms with E-state index in [0.717, 1.165) is 52.1 Å². The number of phenolic OH excluding ortho intramolecular Hbond substituents is 1. The number of aryl methyl sites for hydroxylation is 1. The minimum absolute atomic E-state index is 0.335. The lowest BCUT2D eigenvalue weighted by Gasteiger charge is -2.13. The second kappa shape index (κ2) is 15.1. The highest BCUT2D eigenvalue weighted by Gasteiger charge is 2.13. The molecule has 1 aromatic rings. The maximum atomic E-state index is 10.5. The monoisotopic (exact) mass is 420 g/mol. The van der Waals surface area contributed by atoms with E-state index < -0.39 is 0 Å². The highest BCUT2D eigenvalue weighted by molar-refractivity contribution is 7.81. The highest BCUT2D eigenvalue weighted by atomic mass is 32.1. The molecule has 28 heavy (non-hydrogen) atoms. The van der Waals surface area contributed by atoms with Gasteiger partial charge in [0.05, 0.1) is 0 Å². The van der Waals surface area contributed by atoms with Gasteiger partial charge in [-0.25, -0.2) is 0 Å². The quantitative estimate of drug-likeness (QED) is 0.164. The van der Waals surface area contributed by atoms with Gasteiger partial charge in [0.15, 0.2) is 0 Å². The molecule has 0 aliphatic heterocycles. The fourth-order valence-corrected chi connectivity index (χ4v) is 4.13. The largest absolute Gasteiger partial charge is 0.507 e. The molecule has 1 N–H and O–H groups in total. The van der Waals surface area contributed by atoms with Crippen LogP contribution in [0.2, 0.25) is 0 Å². The summed E-state index contributed by atoms with van der Waals surface area (Å²) in [5.41, 5.74) is 2.77. The van der Waals surface area contributed by atoms with E-state index in [1.54, 1.807) is 0 Å². The fourth-order valence-electron chi connectivity index (χ4n) is 3.56. The summed E-state index contributed by atoms with van der Waals surface area (Å²) in [6.45, 7) is 6.43. The first kappa shape index (κ1) is 25.2. The van der Waals surface area contributed by atoms with Crippen LogP contribution in [0, 0.1) is 6.92 Å². The van der Waals surface area contributed by atoms with Crippen LogP contribution < -0.4 is 0 Å². The third kappa shape index (κ3) is 9.60. The van der Waals surface area contributed by atoms with E-state index in [0.29, 0.717) is 5.75 Å². The second-order valence-electron chi connectivity index (χ2n) is 8.07. The summed E-state index contributed by atoms with van der Waals surface area (Å²) >= 11 is 11.4. The van der Waals surface area contributed by atoms with Crippen molar-refractivity contribution in [3.8, 4) is 5.75 Å². The van der Waals surface area contributed by atoms with Gasteiger partial charge in [0.1, 0.15) is 5.75 Å². The van der Waals surface area contributed by atoms with E-state index in [1.807, 2.05) is 19.1 Å². The predicted octanol–water partition coefficient (Wildman–Crippen LogP) is 8.64. The predicted molar refractivity (Wildman–Crippen MR) is 132 cm³/mol. The number of aromatic hydroxyl groups is 1. The number of unbranched alkanes of at least 4 members (excludes halogenated alkanes) is 10. The summed E-state index contributed by atoms with van der Waals surface area (Å²) in [6.07, 6.45) is 17.0. The van der Waals surface area contributed by atoms with Crippen LogP contribution in [0.3, 0.4) is 0 Å². The van der Waals surface area contributed by atoms with Gasteiger partial charge in [-0.1, -0.05) is 102 Å². The van der Waals surface area contributed by atoms with Crippen LogP contribution in [0.4, 0.5) is 0 Å². The molecule has 0 aliphatic rings. The Morgan fingerprint density at radius 3 is 1.71 bits per heavy atom. The van der Waals surface area contributed by atoms with E-state index in [1.165, 1.54) is 64.2 Å². The highest BCUT2D eigenvalue weighted by Crippen LogP contribution is 2.28. The molecule has 0 aliphatic carbocycles. The van der Waals surface area contributed by atoms with Crippen molar-refractivity contribution in [3.63, 3.8) is 0 Å². The average molecular weight is 421 g/mol. The van der Waals surface area contributed by atoms with Gasteiger partial charge >= 0.3 is 0 Å². The topological polar surface area (TPSA) is 20.2 Å². The van der Waals surface area contributed by atoms with Crippen molar-refractivity contribution >= 4 is 34.2 Å². The summed E-state index contributed by atoms with van der Waals surface area (Å²) in [6, 6.07) is 4.05. The molecule has 0 radical (unpaired) electrons. The molecule has 0 saturated carbocycles. The van der Waals surface area contributed by atoms with Crippen LogP contribution in [0.15, 0.2) is 12.1 Å². The van der Waals surface area contributed by atoms with Crippen LogP contribution >= 0.6 is 24.4 Å². The molecule has 0 spiro atoms. The normalized spacial score (nSPS) is 11.0. The Bertz CT molecular complexity index is 607. The molecule has 0 heterocycles.